The van der Waals surface area contributed by atoms with Crippen molar-refractivity contribution in [3.63, 3.8) is 0 Å². The molecule has 0 bridgehead atoms. The van der Waals surface area contributed by atoms with Crippen LogP contribution in [0.1, 0.15) is 31.4 Å². The summed E-state index contributed by atoms with van der Waals surface area (Å²) in [6.07, 6.45) is 9.26. The van der Waals surface area contributed by atoms with Gasteiger partial charge in [-0.1, -0.05) is 19.1 Å². The van der Waals surface area contributed by atoms with Gasteiger partial charge in [0.2, 0.25) is 11.7 Å². The third kappa shape index (κ3) is 4.35. The van der Waals surface area contributed by atoms with E-state index < -0.39 is 4.08 Å². The molecule has 1 amide bonds. The molecule has 174 valence electrons. The van der Waals surface area contributed by atoms with E-state index in [0.717, 1.165) is 28.0 Å². The van der Waals surface area contributed by atoms with E-state index in [1.807, 2.05) is 30.6 Å². The normalized spacial score (nSPS) is 22.2. The molecule has 0 fully saturated rings. The van der Waals surface area contributed by atoms with Crippen LogP contribution < -0.4 is 19.5 Å². The molecule has 0 aromatic heterocycles. The van der Waals surface area contributed by atoms with Crippen LogP contribution in [0.4, 0.5) is 0 Å². The minimum absolute atomic E-state index is 0.116. The predicted octanol–water partition coefficient (Wildman–Crippen LogP) is 4.74. The summed E-state index contributed by atoms with van der Waals surface area (Å²) in [5.41, 5.74) is 3.68. The first-order valence-electron chi connectivity index (χ1n) is 10.5. The molecule has 8 heteroatoms. The van der Waals surface area contributed by atoms with Gasteiger partial charge in [0.15, 0.2) is 11.5 Å². The van der Waals surface area contributed by atoms with E-state index in [1.54, 1.807) is 44.9 Å². The average Bonchev–Trinajstić information content (AvgIpc) is 3.00. The number of amides is 1. The second-order valence-electron chi connectivity index (χ2n) is 7.51. The zero-order valence-corrected chi connectivity index (χ0v) is 21.0. The first kappa shape index (κ1) is 24.5. The Morgan fingerprint density at radius 3 is 2.53 bits per heavy atom. The molecule has 1 aromatic carbocycles. The van der Waals surface area contributed by atoms with Gasteiger partial charge in [-0.2, -0.15) is 0 Å². The standard InChI is InChI=1S/C24H31NO5S2/c1-7-32-24(31-6)11-10-16-17(13-20(24)27)18(25-14(2)26)9-8-15-12-19(28-3)22(29-4)23(30-5)21(15)16/h10-13,18,27H,7-9H2,1-6H3,(H,25,26)/t18-,24-/m0/s1. The zero-order chi connectivity index (χ0) is 23.5. The van der Waals surface area contributed by atoms with Gasteiger partial charge in [-0.3, -0.25) is 4.79 Å². The Hall–Kier alpha value is -2.19. The molecular formula is C24H31NO5S2. The van der Waals surface area contributed by atoms with Crippen molar-refractivity contribution in [3.8, 4) is 17.2 Å². The number of fused-ring (bicyclic) bond motifs is 2. The van der Waals surface area contributed by atoms with Gasteiger partial charge in [0.05, 0.1) is 27.4 Å². The number of thioether (sulfide) groups is 2. The highest BCUT2D eigenvalue weighted by Crippen LogP contribution is 2.51. The number of allylic oxidation sites excluding steroid dienone is 2. The number of ether oxygens (including phenoxy) is 3. The van der Waals surface area contributed by atoms with Crippen LogP contribution in [0.15, 0.2) is 35.6 Å². The van der Waals surface area contributed by atoms with Crippen molar-refractivity contribution < 1.29 is 24.1 Å². The van der Waals surface area contributed by atoms with Crippen molar-refractivity contribution in [2.45, 2.75) is 36.8 Å². The molecule has 0 saturated heterocycles. The number of hydrogen-bond donors (Lipinski definition) is 2. The molecule has 0 heterocycles. The number of carbonyl (C=O) groups is 1. The van der Waals surface area contributed by atoms with Gasteiger partial charge in [0.1, 0.15) is 9.84 Å². The summed E-state index contributed by atoms with van der Waals surface area (Å²) in [4.78, 5) is 12.0. The molecule has 3 rings (SSSR count). The maximum Gasteiger partial charge on any atom is 0.217 e. The van der Waals surface area contributed by atoms with Gasteiger partial charge in [0, 0.05) is 12.5 Å². The first-order valence-corrected chi connectivity index (χ1v) is 12.7. The van der Waals surface area contributed by atoms with Gasteiger partial charge >= 0.3 is 0 Å². The van der Waals surface area contributed by atoms with Gasteiger partial charge in [-0.25, -0.2) is 0 Å². The zero-order valence-electron chi connectivity index (χ0n) is 19.4. The van der Waals surface area contributed by atoms with Crippen molar-refractivity contribution in [1.29, 1.82) is 0 Å². The van der Waals surface area contributed by atoms with Crippen molar-refractivity contribution in [2.24, 2.45) is 0 Å². The topological polar surface area (TPSA) is 77.0 Å². The molecule has 2 aliphatic carbocycles. The maximum atomic E-state index is 12.0. The van der Waals surface area contributed by atoms with E-state index in [1.165, 1.54) is 6.92 Å². The van der Waals surface area contributed by atoms with Gasteiger partial charge < -0.3 is 24.6 Å². The lowest BCUT2D eigenvalue weighted by atomic mass is 9.93. The number of benzene rings is 1. The SMILES string of the molecule is CCS[C@@]1(SC)C=CC2=C(C=C1O)[C@@H](NC(C)=O)CCc1cc(OC)c(OC)c(OC)c12. The highest BCUT2D eigenvalue weighted by atomic mass is 32.2. The van der Waals surface area contributed by atoms with Crippen LogP contribution in [0.5, 0.6) is 17.2 Å². The van der Waals surface area contributed by atoms with E-state index in [2.05, 4.69) is 12.2 Å². The molecule has 0 radical (unpaired) electrons. The van der Waals surface area contributed by atoms with Gasteiger partial charge in [-0.05, 0) is 53.7 Å². The van der Waals surface area contributed by atoms with E-state index in [9.17, 15) is 9.90 Å². The largest absolute Gasteiger partial charge is 0.510 e. The minimum Gasteiger partial charge on any atom is -0.510 e. The number of nitrogens with one attached hydrogen (secondary N) is 1. The number of aliphatic hydroxyl groups is 1. The van der Waals surface area contributed by atoms with Crippen LogP contribution in [0, 0.1) is 0 Å². The Balaban J connectivity index is 2.36. The number of hydrogen-bond acceptors (Lipinski definition) is 7. The molecule has 0 unspecified atom stereocenters. The summed E-state index contributed by atoms with van der Waals surface area (Å²) in [7, 11) is 4.80. The Bertz CT molecular complexity index is 985. The monoisotopic (exact) mass is 477 g/mol. The van der Waals surface area contributed by atoms with Crippen molar-refractivity contribution >= 4 is 35.0 Å². The van der Waals surface area contributed by atoms with Gasteiger partial charge in [-0.15, -0.1) is 23.5 Å². The Labute approximate surface area is 198 Å². The molecular weight excluding hydrogens is 446 g/mol. The van der Waals surface area contributed by atoms with Crippen molar-refractivity contribution in [1.82, 2.24) is 5.32 Å². The molecule has 2 aliphatic rings. The van der Waals surface area contributed by atoms with Crippen LogP contribution in [0.25, 0.3) is 5.57 Å². The Morgan fingerprint density at radius 1 is 1.25 bits per heavy atom. The fraction of sp³-hybridized carbons (Fsp3) is 0.458. The fourth-order valence-corrected chi connectivity index (χ4v) is 6.43. The van der Waals surface area contributed by atoms with Gasteiger partial charge in [0.25, 0.3) is 0 Å². The van der Waals surface area contributed by atoms with Crippen molar-refractivity contribution in [2.75, 3.05) is 33.3 Å². The first-order chi connectivity index (χ1) is 15.3. The van der Waals surface area contributed by atoms with E-state index in [4.69, 9.17) is 14.2 Å². The summed E-state index contributed by atoms with van der Waals surface area (Å²) >= 11 is 3.24. The highest BCUT2D eigenvalue weighted by molar-refractivity contribution is 8.18. The van der Waals surface area contributed by atoms with Crippen LogP contribution in [-0.4, -0.2) is 54.5 Å². The number of aryl methyl sites for hydroxylation is 1. The maximum absolute atomic E-state index is 12.0. The third-order valence-electron chi connectivity index (χ3n) is 5.73. The molecule has 2 N–H and O–H groups in total. The highest BCUT2D eigenvalue weighted by Gasteiger charge is 2.37. The molecule has 2 atom stereocenters. The van der Waals surface area contributed by atoms with E-state index in [-0.39, 0.29) is 17.7 Å². The van der Waals surface area contributed by atoms with E-state index >= 15 is 0 Å². The Kier molecular flexibility index (Phi) is 7.77. The minimum atomic E-state index is -0.605. The molecule has 0 saturated carbocycles. The molecule has 32 heavy (non-hydrogen) atoms. The van der Waals surface area contributed by atoms with Crippen molar-refractivity contribution in [3.05, 3.63) is 46.8 Å². The average molecular weight is 478 g/mol. The number of rotatable bonds is 7. The summed E-state index contributed by atoms with van der Waals surface area (Å²) in [6, 6.07) is 1.72. The number of carbonyl (C=O) groups excluding carboxylic acids is 1. The Morgan fingerprint density at radius 2 is 1.97 bits per heavy atom. The van der Waals surface area contributed by atoms with Crippen LogP contribution in [-0.2, 0) is 11.2 Å². The van der Waals surface area contributed by atoms with Crippen LogP contribution in [0.2, 0.25) is 0 Å². The second kappa shape index (κ2) is 10.2. The number of aliphatic hydroxyl groups excluding tert-OH is 1. The molecule has 0 spiro atoms. The molecule has 1 aromatic rings. The predicted molar refractivity (Wildman–Crippen MR) is 133 cm³/mol. The second-order valence-corrected chi connectivity index (χ2v) is 10.3. The summed E-state index contributed by atoms with van der Waals surface area (Å²) in [5.74, 6) is 2.68. The number of methoxy groups -OCH3 is 3. The summed E-state index contributed by atoms with van der Waals surface area (Å²) < 4.78 is 16.5. The van der Waals surface area contributed by atoms with E-state index in [0.29, 0.717) is 30.1 Å². The smallest absolute Gasteiger partial charge is 0.217 e. The third-order valence-corrected chi connectivity index (χ3v) is 8.60. The lowest BCUT2D eigenvalue weighted by molar-refractivity contribution is -0.119. The quantitative estimate of drug-likeness (QED) is 0.549. The lowest BCUT2D eigenvalue weighted by Crippen LogP contribution is -2.34. The van der Waals surface area contributed by atoms with Crippen LogP contribution in [0.3, 0.4) is 0 Å². The van der Waals surface area contributed by atoms with Crippen LogP contribution >= 0.6 is 23.5 Å². The molecule has 6 nitrogen and oxygen atoms in total. The molecule has 0 aliphatic heterocycles. The summed E-state index contributed by atoms with van der Waals surface area (Å²) in [6.45, 7) is 3.59. The fourth-order valence-electron chi connectivity index (χ4n) is 4.33. The lowest BCUT2D eigenvalue weighted by Gasteiger charge is -2.27. The summed E-state index contributed by atoms with van der Waals surface area (Å²) in [5, 5.41) is 14.3.